The number of hydrogen-bond donors (Lipinski definition) is 1. The highest BCUT2D eigenvalue weighted by atomic mass is 16.3. The van der Waals surface area contributed by atoms with Crippen LogP contribution in [0, 0.1) is 111 Å². The summed E-state index contributed by atoms with van der Waals surface area (Å²) in [5, 5.41) is 13.9. The van der Waals surface area contributed by atoms with Gasteiger partial charge in [0.15, 0.2) is 5.78 Å². The molecule has 1 atom stereocenters. The molecule has 2 heterocycles. The first-order chi connectivity index (χ1) is 31.5. The van der Waals surface area contributed by atoms with Crippen molar-refractivity contribution in [3.05, 3.63) is 187 Å². The fourth-order valence-electron chi connectivity index (χ4n) is 11.6. The number of aromatic nitrogens is 2. The molecule has 346 valence electrons. The van der Waals surface area contributed by atoms with Gasteiger partial charge in [-0.2, -0.15) is 0 Å². The molecule has 1 unspecified atom stereocenters. The molecule has 2 aromatic heterocycles. The maximum absolute atomic E-state index is 13.6. The SMILES string of the molecule is Cc1cc2c(c(C)c1C)C=C(C(=O)c1c(C)c(C)c(C)c3c1ccn3C)C2.Cc1cc2c(c(C)c1C)C=C(C(O)c1c(C)c(C)c(C)c3c1c(C)cn3C)C2.Cc1cc2c(c(C)c1C)C=CC2. The molecule has 3 aliphatic rings. The van der Waals surface area contributed by atoms with Crippen molar-refractivity contribution < 1.29 is 9.90 Å². The van der Waals surface area contributed by atoms with Crippen LogP contribution >= 0.6 is 0 Å². The van der Waals surface area contributed by atoms with E-state index in [1.807, 2.05) is 0 Å². The molecule has 4 nitrogen and oxygen atoms in total. The smallest absolute Gasteiger partial charge is 0.190 e. The van der Waals surface area contributed by atoms with Crippen molar-refractivity contribution in [2.75, 3.05) is 0 Å². The molecule has 0 amide bonds. The Labute approximate surface area is 400 Å². The molecule has 3 aliphatic carbocycles. The Bertz CT molecular complexity index is 3370. The zero-order valence-electron chi connectivity index (χ0n) is 43.7. The number of fused-ring (bicyclic) bond motifs is 5. The van der Waals surface area contributed by atoms with E-state index in [9.17, 15) is 9.90 Å². The quantitative estimate of drug-likeness (QED) is 0.179. The van der Waals surface area contributed by atoms with Crippen LogP contribution in [-0.4, -0.2) is 20.0 Å². The highest BCUT2D eigenvalue weighted by molar-refractivity contribution is 6.20. The van der Waals surface area contributed by atoms with Gasteiger partial charge in [-0.25, -0.2) is 0 Å². The molecule has 0 saturated carbocycles. The second kappa shape index (κ2) is 17.6. The van der Waals surface area contributed by atoms with Crippen LogP contribution in [0.25, 0.3) is 40.0 Å². The minimum Gasteiger partial charge on any atom is -0.384 e. The standard InChI is InChI=1S/C26H31NO.C25H27NO.C12H14/c1-13-9-20-10-21(11-22(20)17(5)15(13)3)26(28)24-18(6)16(4)19(7)25-23(24)14(2)12-27(25)8;1-13-10-19-11-20(12-22(19)16(4)14(13)2)25(27)23-17(5)15(3)18(6)24-21(23)8-9-26(24)7;1-8-7-11-5-4-6-12(11)10(3)9(8)2/h9,11-12,26,28H,10H2,1-8H3;8-10,12H,11H2,1-7H3;4,6-7H,5H2,1-3H3. The summed E-state index contributed by atoms with van der Waals surface area (Å²) >= 11 is 0. The van der Waals surface area contributed by atoms with E-state index in [2.05, 4.69) is 195 Å². The third kappa shape index (κ3) is 7.80. The number of aliphatic hydroxyl groups excluding tert-OH is 1. The van der Waals surface area contributed by atoms with Gasteiger partial charge < -0.3 is 14.2 Å². The lowest BCUT2D eigenvalue weighted by Gasteiger charge is -2.21. The molecule has 0 fully saturated rings. The van der Waals surface area contributed by atoms with Gasteiger partial charge in [0, 0.05) is 54.8 Å². The first-order valence-electron chi connectivity index (χ1n) is 24.2. The lowest BCUT2D eigenvalue weighted by molar-refractivity contribution is 0.103. The van der Waals surface area contributed by atoms with Crippen molar-refractivity contribution in [2.45, 2.75) is 136 Å². The average Bonchev–Trinajstić information content (AvgIpc) is 4.14. The fourth-order valence-corrected chi connectivity index (χ4v) is 11.6. The summed E-state index contributed by atoms with van der Waals surface area (Å²) in [5.74, 6) is 0.178. The number of Topliss-reactive ketones (excluding diaryl/α,β-unsaturated/α-hetero) is 1. The van der Waals surface area contributed by atoms with Crippen molar-refractivity contribution in [1.82, 2.24) is 9.13 Å². The number of carbonyl (C=O) groups excluding carboxylic acids is 1. The molecular formula is C63H72N2O2. The van der Waals surface area contributed by atoms with Gasteiger partial charge in [-0.15, -0.1) is 0 Å². The summed E-state index contributed by atoms with van der Waals surface area (Å²) in [5.41, 5.74) is 35.4. The number of aliphatic hydroxyl groups is 1. The lowest BCUT2D eigenvalue weighted by Crippen LogP contribution is -2.09. The first-order valence-corrected chi connectivity index (χ1v) is 24.2. The van der Waals surface area contributed by atoms with Crippen LogP contribution in [0.5, 0.6) is 0 Å². The molecule has 10 rings (SSSR count). The Balaban J connectivity index is 0.000000146. The van der Waals surface area contributed by atoms with Gasteiger partial charge in [-0.3, -0.25) is 4.79 Å². The van der Waals surface area contributed by atoms with E-state index < -0.39 is 6.10 Å². The number of rotatable bonds is 4. The Kier molecular flexibility index (Phi) is 12.5. The minimum atomic E-state index is -0.574. The Morgan fingerprint density at radius 2 is 1.06 bits per heavy atom. The van der Waals surface area contributed by atoms with E-state index in [0.29, 0.717) is 0 Å². The van der Waals surface area contributed by atoms with Crippen LogP contribution in [0.1, 0.15) is 144 Å². The third-order valence-corrected chi connectivity index (χ3v) is 16.8. The summed E-state index contributed by atoms with van der Waals surface area (Å²) in [7, 11) is 4.16. The molecule has 1 N–H and O–H groups in total. The highest BCUT2D eigenvalue weighted by Gasteiger charge is 2.29. The highest BCUT2D eigenvalue weighted by Crippen LogP contribution is 2.43. The maximum Gasteiger partial charge on any atom is 0.190 e. The zero-order chi connectivity index (χ0) is 48.8. The topological polar surface area (TPSA) is 47.2 Å². The lowest BCUT2D eigenvalue weighted by atomic mass is 9.87. The number of nitrogens with zero attached hydrogens (tertiary/aromatic N) is 2. The molecule has 0 bridgehead atoms. The van der Waals surface area contributed by atoms with Gasteiger partial charge in [0.05, 0.1) is 11.0 Å². The van der Waals surface area contributed by atoms with Gasteiger partial charge in [-0.1, -0.05) is 36.4 Å². The van der Waals surface area contributed by atoms with Crippen molar-refractivity contribution in [2.24, 2.45) is 14.1 Å². The summed E-state index contributed by atoms with van der Waals surface area (Å²) < 4.78 is 4.33. The number of allylic oxidation sites excluding steroid dienone is 2. The van der Waals surface area contributed by atoms with Crippen LogP contribution in [0.4, 0.5) is 0 Å². The number of carbonyl (C=O) groups is 1. The van der Waals surface area contributed by atoms with Gasteiger partial charge in [0.2, 0.25) is 0 Å². The first kappa shape index (κ1) is 47.5. The molecule has 5 aromatic carbocycles. The van der Waals surface area contributed by atoms with Crippen LogP contribution in [-0.2, 0) is 33.4 Å². The van der Waals surface area contributed by atoms with Crippen molar-refractivity contribution in [1.29, 1.82) is 0 Å². The predicted molar refractivity (Wildman–Crippen MR) is 286 cm³/mol. The molecule has 0 spiro atoms. The Hall–Kier alpha value is -5.97. The largest absolute Gasteiger partial charge is 0.384 e. The van der Waals surface area contributed by atoms with Gasteiger partial charge in [0.1, 0.15) is 6.10 Å². The van der Waals surface area contributed by atoms with Crippen LogP contribution in [0.3, 0.4) is 0 Å². The monoisotopic (exact) mass is 889 g/mol. The van der Waals surface area contributed by atoms with Crippen molar-refractivity contribution >= 4 is 45.8 Å². The fraction of sp³-hybridized carbons (Fsp3) is 0.349. The third-order valence-electron chi connectivity index (χ3n) is 16.8. The van der Waals surface area contributed by atoms with E-state index in [1.54, 1.807) is 0 Å². The van der Waals surface area contributed by atoms with E-state index >= 15 is 0 Å². The van der Waals surface area contributed by atoms with E-state index in [-0.39, 0.29) is 5.78 Å². The predicted octanol–water partition coefficient (Wildman–Crippen LogP) is 15.0. The number of benzene rings is 5. The summed E-state index contributed by atoms with van der Waals surface area (Å²) in [6, 6.07) is 8.95. The van der Waals surface area contributed by atoms with Crippen molar-refractivity contribution in [3.63, 3.8) is 0 Å². The summed E-state index contributed by atoms with van der Waals surface area (Å²) in [6.07, 6.45) is 15.2. The second-order valence-corrected chi connectivity index (χ2v) is 20.5. The molecular weight excluding hydrogens is 817 g/mol. The van der Waals surface area contributed by atoms with E-state index in [1.165, 1.54) is 133 Å². The molecule has 67 heavy (non-hydrogen) atoms. The molecule has 0 aliphatic heterocycles. The molecule has 0 saturated heterocycles. The minimum absolute atomic E-state index is 0.178. The summed E-state index contributed by atoms with van der Waals surface area (Å²) in [4.78, 5) is 13.6. The Morgan fingerprint density at radius 3 is 1.67 bits per heavy atom. The van der Waals surface area contributed by atoms with Crippen LogP contribution in [0.2, 0.25) is 0 Å². The number of aryl methyl sites for hydroxylation is 8. The number of hydrogen-bond acceptors (Lipinski definition) is 2. The van der Waals surface area contributed by atoms with Gasteiger partial charge >= 0.3 is 0 Å². The molecule has 7 aromatic rings. The van der Waals surface area contributed by atoms with Crippen molar-refractivity contribution in [3.8, 4) is 0 Å². The van der Waals surface area contributed by atoms with Crippen LogP contribution in [0.15, 0.2) is 53.9 Å². The second-order valence-electron chi connectivity index (χ2n) is 20.5. The Morgan fingerprint density at radius 1 is 0.537 bits per heavy atom. The zero-order valence-corrected chi connectivity index (χ0v) is 43.7. The molecule has 0 radical (unpaired) electrons. The molecule has 4 heteroatoms. The maximum atomic E-state index is 13.6. The van der Waals surface area contributed by atoms with Gasteiger partial charge in [-0.05, 0) is 269 Å². The number of ketones is 1. The van der Waals surface area contributed by atoms with Crippen LogP contribution < -0.4 is 0 Å². The van der Waals surface area contributed by atoms with E-state index in [4.69, 9.17) is 0 Å². The van der Waals surface area contributed by atoms with Gasteiger partial charge in [0.25, 0.3) is 0 Å². The summed E-state index contributed by atoms with van der Waals surface area (Å²) in [6.45, 7) is 34.7. The average molecular weight is 889 g/mol. The normalized spacial score (nSPS) is 13.8. The van der Waals surface area contributed by atoms with E-state index in [0.717, 1.165) is 52.5 Å².